The van der Waals surface area contributed by atoms with Gasteiger partial charge < -0.3 is 4.74 Å². The van der Waals surface area contributed by atoms with E-state index in [4.69, 9.17) is 4.74 Å². The van der Waals surface area contributed by atoms with Crippen molar-refractivity contribution in [2.45, 2.75) is 20.0 Å². The first kappa shape index (κ1) is 17.5. The second-order valence-electron chi connectivity index (χ2n) is 6.51. The van der Waals surface area contributed by atoms with Crippen LogP contribution in [0.3, 0.4) is 0 Å². The minimum Gasteiger partial charge on any atom is -0.496 e. The lowest BCUT2D eigenvalue weighted by Gasteiger charge is -2.34. The van der Waals surface area contributed by atoms with Crippen molar-refractivity contribution >= 4 is 15.9 Å². The lowest BCUT2D eigenvalue weighted by Crippen LogP contribution is -2.45. The number of hydrogen-bond acceptors (Lipinski definition) is 3. The fourth-order valence-electron chi connectivity index (χ4n) is 3.12. The van der Waals surface area contributed by atoms with Crippen molar-refractivity contribution in [2.75, 3.05) is 33.3 Å². The van der Waals surface area contributed by atoms with Crippen molar-refractivity contribution in [1.29, 1.82) is 0 Å². The van der Waals surface area contributed by atoms with Crippen LogP contribution in [0.5, 0.6) is 5.75 Å². The van der Waals surface area contributed by atoms with Crippen LogP contribution in [0.1, 0.15) is 16.7 Å². The van der Waals surface area contributed by atoms with E-state index in [-0.39, 0.29) is 0 Å². The van der Waals surface area contributed by atoms with Crippen molar-refractivity contribution in [1.82, 2.24) is 9.80 Å². The molecule has 0 saturated carbocycles. The number of methoxy groups -OCH3 is 1. The molecule has 4 heteroatoms. The molecule has 3 nitrogen and oxygen atoms in total. The summed E-state index contributed by atoms with van der Waals surface area (Å²) in [4.78, 5) is 5.07. The highest BCUT2D eigenvalue weighted by molar-refractivity contribution is 9.10. The molecule has 0 atom stereocenters. The second-order valence-corrected chi connectivity index (χ2v) is 7.36. The number of halogens is 1. The molecule has 0 aromatic heterocycles. The largest absolute Gasteiger partial charge is 0.496 e. The van der Waals surface area contributed by atoms with Crippen LogP contribution in [0.25, 0.3) is 0 Å². The molecule has 1 aliphatic heterocycles. The van der Waals surface area contributed by atoms with E-state index in [0.29, 0.717) is 0 Å². The highest BCUT2D eigenvalue weighted by Crippen LogP contribution is 2.26. The molecule has 1 fully saturated rings. The molecule has 128 valence electrons. The molecule has 0 spiro atoms. The average Bonchev–Trinajstić information content (AvgIpc) is 2.59. The Kier molecular flexibility index (Phi) is 5.93. The normalized spacial score (nSPS) is 16.3. The minimum atomic E-state index is 0.890. The maximum atomic E-state index is 5.30. The molecular formula is C20H25BrN2O. The van der Waals surface area contributed by atoms with E-state index in [1.807, 2.05) is 6.07 Å². The van der Waals surface area contributed by atoms with Crippen LogP contribution in [0, 0.1) is 6.92 Å². The summed E-state index contributed by atoms with van der Waals surface area (Å²) in [5, 5.41) is 0. The van der Waals surface area contributed by atoms with Gasteiger partial charge in [-0.05, 0) is 46.1 Å². The number of rotatable bonds is 5. The maximum Gasteiger partial charge on any atom is 0.133 e. The number of hydrogen-bond donors (Lipinski definition) is 0. The van der Waals surface area contributed by atoms with E-state index in [1.54, 1.807) is 7.11 Å². The van der Waals surface area contributed by atoms with Crippen LogP contribution < -0.4 is 4.74 Å². The number of nitrogens with zero attached hydrogens (tertiary/aromatic N) is 2. The van der Waals surface area contributed by atoms with Crippen molar-refractivity contribution in [3.63, 3.8) is 0 Å². The van der Waals surface area contributed by atoms with Crippen molar-refractivity contribution in [3.8, 4) is 5.75 Å². The molecule has 0 aliphatic carbocycles. The van der Waals surface area contributed by atoms with Gasteiger partial charge in [0.2, 0.25) is 0 Å². The van der Waals surface area contributed by atoms with Gasteiger partial charge in [-0.25, -0.2) is 0 Å². The zero-order chi connectivity index (χ0) is 16.9. The first-order valence-electron chi connectivity index (χ1n) is 8.47. The average molecular weight is 389 g/mol. The molecule has 0 amide bonds. The first-order chi connectivity index (χ1) is 11.6. The predicted molar refractivity (Wildman–Crippen MR) is 102 cm³/mol. The fraction of sp³-hybridized carbons (Fsp3) is 0.400. The van der Waals surface area contributed by atoms with Crippen LogP contribution in [0.15, 0.2) is 46.9 Å². The highest BCUT2D eigenvalue weighted by Gasteiger charge is 2.17. The molecule has 0 bridgehead atoms. The van der Waals surface area contributed by atoms with Crippen LogP contribution in [0.2, 0.25) is 0 Å². The standard InChI is InChI=1S/C20H25BrN2O/c1-16-3-5-17(6-4-16)14-22-9-11-23(12-10-22)15-18-7-8-20(24-2)19(21)13-18/h3-8,13H,9-12,14-15H2,1-2H3. The molecule has 3 rings (SSSR count). The van der Waals surface area contributed by atoms with E-state index < -0.39 is 0 Å². The molecule has 2 aromatic rings. The minimum absolute atomic E-state index is 0.890. The fourth-order valence-corrected chi connectivity index (χ4v) is 3.71. The Balaban J connectivity index is 1.50. The lowest BCUT2D eigenvalue weighted by atomic mass is 10.1. The van der Waals surface area contributed by atoms with Gasteiger partial charge in [0.1, 0.15) is 5.75 Å². The smallest absolute Gasteiger partial charge is 0.133 e. The summed E-state index contributed by atoms with van der Waals surface area (Å²) in [6.45, 7) is 8.70. The van der Waals surface area contributed by atoms with E-state index in [9.17, 15) is 0 Å². The Hall–Kier alpha value is -1.36. The summed E-state index contributed by atoms with van der Waals surface area (Å²) in [5.74, 6) is 0.890. The topological polar surface area (TPSA) is 15.7 Å². The Bertz CT molecular complexity index is 664. The van der Waals surface area contributed by atoms with Gasteiger partial charge in [-0.2, -0.15) is 0 Å². The molecule has 0 radical (unpaired) electrons. The predicted octanol–water partition coefficient (Wildman–Crippen LogP) is 4.08. The van der Waals surface area contributed by atoms with Gasteiger partial charge in [0.25, 0.3) is 0 Å². The van der Waals surface area contributed by atoms with Gasteiger partial charge in [0.05, 0.1) is 11.6 Å². The van der Waals surface area contributed by atoms with E-state index in [2.05, 4.69) is 69.1 Å². The summed E-state index contributed by atoms with van der Waals surface area (Å²) in [6, 6.07) is 15.3. The van der Waals surface area contributed by atoms with Crippen LogP contribution in [-0.2, 0) is 13.1 Å². The number of benzene rings is 2. The van der Waals surface area contributed by atoms with Gasteiger partial charge in [-0.3, -0.25) is 9.80 Å². The van der Waals surface area contributed by atoms with E-state index in [0.717, 1.165) is 49.5 Å². The highest BCUT2D eigenvalue weighted by atomic mass is 79.9. The molecule has 24 heavy (non-hydrogen) atoms. The monoisotopic (exact) mass is 388 g/mol. The van der Waals surface area contributed by atoms with Crippen molar-refractivity contribution in [2.24, 2.45) is 0 Å². The SMILES string of the molecule is COc1ccc(CN2CCN(Cc3ccc(C)cc3)CC2)cc1Br. The third kappa shape index (κ3) is 4.59. The number of ether oxygens (including phenoxy) is 1. The quantitative estimate of drug-likeness (QED) is 0.767. The van der Waals surface area contributed by atoms with E-state index >= 15 is 0 Å². The summed E-state index contributed by atoms with van der Waals surface area (Å²) in [6.07, 6.45) is 0. The van der Waals surface area contributed by atoms with Crippen LogP contribution in [0.4, 0.5) is 0 Å². The molecule has 1 aliphatic rings. The first-order valence-corrected chi connectivity index (χ1v) is 9.26. The molecule has 0 unspecified atom stereocenters. The van der Waals surface area contributed by atoms with Crippen molar-refractivity contribution < 1.29 is 4.74 Å². The maximum absolute atomic E-state index is 5.30. The van der Waals surface area contributed by atoms with Crippen LogP contribution in [-0.4, -0.2) is 43.1 Å². The van der Waals surface area contributed by atoms with E-state index in [1.165, 1.54) is 16.7 Å². The van der Waals surface area contributed by atoms with Gasteiger partial charge >= 0.3 is 0 Å². The van der Waals surface area contributed by atoms with Gasteiger partial charge in [-0.1, -0.05) is 35.9 Å². The third-order valence-corrected chi connectivity index (χ3v) is 5.23. The zero-order valence-electron chi connectivity index (χ0n) is 14.5. The third-order valence-electron chi connectivity index (χ3n) is 4.61. The Labute approximate surface area is 153 Å². The summed E-state index contributed by atoms with van der Waals surface area (Å²) in [5.41, 5.74) is 4.07. The van der Waals surface area contributed by atoms with Crippen LogP contribution >= 0.6 is 15.9 Å². The van der Waals surface area contributed by atoms with Gasteiger partial charge in [0.15, 0.2) is 0 Å². The molecule has 1 saturated heterocycles. The molecular weight excluding hydrogens is 364 g/mol. The molecule has 0 N–H and O–H groups in total. The van der Waals surface area contributed by atoms with Crippen molar-refractivity contribution in [3.05, 3.63) is 63.6 Å². The number of aryl methyl sites for hydroxylation is 1. The zero-order valence-corrected chi connectivity index (χ0v) is 16.1. The Morgan fingerprint density at radius 3 is 1.96 bits per heavy atom. The summed E-state index contributed by atoms with van der Waals surface area (Å²) < 4.78 is 6.33. The number of piperazine rings is 1. The van der Waals surface area contributed by atoms with Gasteiger partial charge in [-0.15, -0.1) is 0 Å². The summed E-state index contributed by atoms with van der Waals surface area (Å²) in [7, 11) is 1.70. The summed E-state index contributed by atoms with van der Waals surface area (Å²) >= 11 is 3.57. The van der Waals surface area contributed by atoms with Gasteiger partial charge in [0, 0.05) is 39.3 Å². The molecule has 2 aromatic carbocycles. The molecule has 1 heterocycles. The Morgan fingerprint density at radius 1 is 0.875 bits per heavy atom. The lowest BCUT2D eigenvalue weighted by molar-refractivity contribution is 0.122. The Morgan fingerprint density at radius 2 is 1.42 bits per heavy atom. The second kappa shape index (κ2) is 8.15.